The summed E-state index contributed by atoms with van der Waals surface area (Å²) in [5.41, 5.74) is 5.74. The van der Waals surface area contributed by atoms with Gasteiger partial charge in [-0.3, -0.25) is 0 Å². The van der Waals surface area contributed by atoms with E-state index in [0.29, 0.717) is 19.0 Å². The van der Waals surface area contributed by atoms with Crippen molar-refractivity contribution in [1.29, 1.82) is 0 Å². The molecule has 0 spiro atoms. The van der Waals surface area contributed by atoms with Crippen LogP contribution in [0.25, 0.3) is 0 Å². The van der Waals surface area contributed by atoms with Gasteiger partial charge < -0.3 is 20.9 Å². The normalized spacial score (nSPS) is 10.1. The number of hydrogen-bond donors (Lipinski definition) is 3. The van der Waals surface area contributed by atoms with Gasteiger partial charge in [-0.2, -0.15) is 0 Å². The molecular formula is C15H17N3O3. The van der Waals surface area contributed by atoms with Gasteiger partial charge in [-0.05, 0) is 24.6 Å². The van der Waals surface area contributed by atoms with E-state index in [4.69, 9.17) is 15.6 Å². The van der Waals surface area contributed by atoms with Gasteiger partial charge in [0.2, 0.25) is 0 Å². The van der Waals surface area contributed by atoms with Crippen molar-refractivity contribution in [3.05, 3.63) is 48.2 Å². The lowest BCUT2D eigenvalue weighted by Gasteiger charge is -2.08. The number of aromatic carboxylic acids is 1. The van der Waals surface area contributed by atoms with Gasteiger partial charge in [0.15, 0.2) is 0 Å². The van der Waals surface area contributed by atoms with Crippen molar-refractivity contribution >= 4 is 17.5 Å². The molecule has 2 aromatic rings. The molecule has 0 atom stereocenters. The van der Waals surface area contributed by atoms with Gasteiger partial charge in [-0.1, -0.05) is 18.2 Å². The van der Waals surface area contributed by atoms with Gasteiger partial charge >= 0.3 is 5.97 Å². The number of rotatable bonds is 7. The van der Waals surface area contributed by atoms with Crippen molar-refractivity contribution in [2.45, 2.75) is 6.42 Å². The Morgan fingerprint density at radius 2 is 2.10 bits per heavy atom. The van der Waals surface area contributed by atoms with E-state index in [1.165, 1.54) is 12.3 Å². The highest BCUT2D eigenvalue weighted by molar-refractivity contribution is 5.94. The molecule has 6 nitrogen and oxygen atoms in total. The molecule has 0 aliphatic rings. The van der Waals surface area contributed by atoms with Crippen molar-refractivity contribution in [3.63, 3.8) is 0 Å². The Kier molecular flexibility index (Phi) is 4.98. The minimum absolute atomic E-state index is 0.0491. The number of benzene rings is 1. The van der Waals surface area contributed by atoms with Crippen LogP contribution in [0, 0.1) is 0 Å². The topological polar surface area (TPSA) is 97.5 Å². The minimum atomic E-state index is -1.06. The molecule has 110 valence electrons. The molecule has 0 aliphatic heterocycles. The number of carboxylic acid groups (broad SMARTS) is 1. The Hall–Kier alpha value is -2.76. The van der Waals surface area contributed by atoms with Crippen molar-refractivity contribution in [1.82, 2.24) is 4.98 Å². The fourth-order valence-corrected chi connectivity index (χ4v) is 1.74. The second kappa shape index (κ2) is 7.14. The van der Waals surface area contributed by atoms with Crippen LogP contribution in [-0.4, -0.2) is 29.2 Å². The number of anilines is 2. The maximum absolute atomic E-state index is 11.0. The van der Waals surface area contributed by atoms with Crippen molar-refractivity contribution < 1.29 is 14.6 Å². The minimum Gasteiger partial charge on any atom is -0.494 e. The summed E-state index contributed by atoms with van der Waals surface area (Å²) in [5.74, 6) is 0.253. The quantitative estimate of drug-likeness (QED) is 0.676. The summed E-state index contributed by atoms with van der Waals surface area (Å²) in [6, 6.07) is 11.0. The van der Waals surface area contributed by atoms with E-state index in [0.717, 1.165) is 12.2 Å². The summed E-state index contributed by atoms with van der Waals surface area (Å²) in [4.78, 5) is 15.0. The van der Waals surface area contributed by atoms with Crippen LogP contribution >= 0.6 is 0 Å². The number of nitrogens with one attached hydrogen (secondary N) is 1. The molecule has 6 heteroatoms. The maximum Gasteiger partial charge on any atom is 0.337 e. The number of hydrogen-bond acceptors (Lipinski definition) is 5. The lowest BCUT2D eigenvalue weighted by atomic mass is 10.2. The van der Waals surface area contributed by atoms with Crippen LogP contribution in [-0.2, 0) is 0 Å². The number of aromatic nitrogens is 1. The molecule has 0 fully saturated rings. The number of nitrogens with zero attached hydrogens (tertiary/aromatic N) is 1. The average molecular weight is 287 g/mol. The third-order valence-corrected chi connectivity index (χ3v) is 2.80. The fourth-order valence-electron chi connectivity index (χ4n) is 1.74. The second-order valence-corrected chi connectivity index (χ2v) is 4.40. The zero-order chi connectivity index (χ0) is 15.1. The SMILES string of the molecule is Nc1cnc(NCCCOc2ccccc2)cc1C(=O)O. The predicted octanol–water partition coefficient (Wildman–Crippen LogP) is 2.24. The number of para-hydroxylation sites is 1. The number of nitrogens with two attached hydrogens (primary N) is 1. The Balaban J connectivity index is 1.76. The van der Waals surface area contributed by atoms with Crippen LogP contribution in [0.1, 0.15) is 16.8 Å². The van der Waals surface area contributed by atoms with E-state index in [9.17, 15) is 4.79 Å². The van der Waals surface area contributed by atoms with Crippen LogP contribution in [0.15, 0.2) is 42.6 Å². The third kappa shape index (κ3) is 4.38. The largest absolute Gasteiger partial charge is 0.494 e. The lowest BCUT2D eigenvalue weighted by Crippen LogP contribution is -2.10. The fraction of sp³-hybridized carbons (Fsp3) is 0.200. The lowest BCUT2D eigenvalue weighted by molar-refractivity contribution is 0.0698. The van der Waals surface area contributed by atoms with Gasteiger partial charge in [0.1, 0.15) is 11.6 Å². The number of carboxylic acids is 1. The summed E-state index contributed by atoms with van der Waals surface area (Å²) in [6.07, 6.45) is 2.11. The second-order valence-electron chi connectivity index (χ2n) is 4.40. The molecule has 0 amide bonds. The Bertz CT molecular complexity index is 602. The number of carbonyl (C=O) groups is 1. The molecular weight excluding hydrogens is 270 g/mol. The van der Waals surface area contributed by atoms with Gasteiger partial charge in [0.25, 0.3) is 0 Å². The van der Waals surface area contributed by atoms with Crippen molar-refractivity contribution in [3.8, 4) is 5.75 Å². The van der Waals surface area contributed by atoms with Crippen molar-refractivity contribution in [2.24, 2.45) is 0 Å². The highest BCUT2D eigenvalue weighted by Crippen LogP contribution is 2.14. The average Bonchev–Trinajstić information content (AvgIpc) is 2.49. The molecule has 2 rings (SSSR count). The molecule has 21 heavy (non-hydrogen) atoms. The monoisotopic (exact) mass is 287 g/mol. The molecule has 0 unspecified atom stereocenters. The zero-order valence-corrected chi connectivity index (χ0v) is 11.5. The van der Waals surface area contributed by atoms with Gasteiger partial charge in [-0.15, -0.1) is 0 Å². The maximum atomic E-state index is 11.0. The van der Waals surface area contributed by atoms with E-state index >= 15 is 0 Å². The van der Waals surface area contributed by atoms with Crippen LogP contribution in [0.2, 0.25) is 0 Å². The summed E-state index contributed by atoms with van der Waals surface area (Å²) < 4.78 is 5.55. The van der Waals surface area contributed by atoms with Gasteiger partial charge in [0.05, 0.1) is 24.1 Å². The first kappa shape index (κ1) is 14.6. The molecule has 0 aliphatic carbocycles. The highest BCUT2D eigenvalue weighted by atomic mass is 16.5. The number of ether oxygens (including phenoxy) is 1. The zero-order valence-electron chi connectivity index (χ0n) is 11.5. The third-order valence-electron chi connectivity index (χ3n) is 2.80. The molecule has 4 N–H and O–H groups in total. The van der Waals surface area contributed by atoms with Crippen molar-refractivity contribution in [2.75, 3.05) is 24.2 Å². The van der Waals surface area contributed by atoms with E-state index in [-0.39, 0.29) is 11.3 Å². The van der Waals surface area contributed by atoms with E-state index < -0.39 is 5.97 Å². The molecule has 0 bridgehead atoms. The summed E-state index contributed by atoms with van der Waals surface area (Å²) >= 11 is 0. The van der Waals surface area contributed by atoms with Gasteiger partial charge in [0, 0.05) is 6.54 Å². The Labute approximate surface area is 122 Å². The first-order valence-corrected chi connectivity index (χ1v) is 6.57. The standard InChI is InChI=1S/C15H17N3O3/c16-13-10-18-14(9-12(13)15(19)20)17-7-4-8-21-11-5-2-1-3-6-11/h1-3,5-6,9-10H,4,7-8,16H2,(H,17,18)(H,19,20). The first-order valence-electron chi connectivity index (χ1n) is 6.57. The van der Waals surface area contributed by atoms with Gasteiger partial charge in [-0.25, -0.2) is 9.78 Å². The van der Waals surface area contributed by atoms with Crippen LogP contribution in [0.4, 0.5) is 11.5 Å². The molecule has 0 radical (unpaired) electrons. The van der Waals surface area contributed by atoms with E-state index in [2.05, 4.69) is 10.3 Å². The predicted molar refractivity (Wildman–Crippen MR) is 80.7 cm³/mol. The van der Waals surface area contributed by atoms with E-state index in [1.54, 1.807) is 0 Å². The van der Waals surface area contributed by atoms with Crippen LogP contribution in [0.3, 0.4) is 0 Å². The van der Waals surface area contributed by atoms with E-state index in [1.807, 2.05) is 30.3 Å². The number of nitrogen functional groups attached to an aromatic ring is 1. The summed E-state index contributed by atoms with van der Waals surface area (Å²) in [7, 11) is 0. The molecule has 0 saturated heterocycles. The summed E-state index contributed by atoms with van der Waals surface area (Å²) in [6.45, 7) is 1.20. The molecule has 0 saturated carbocycles. The molecule has 1 heterocycles. The molecule has 1 aromatic carbocycles. The Morgan fingerprint density at radius 3 is 2.81 bits per heavy atom. The smallest absolute Gasteiger partial charge is 0.337 e. The first-order chi connectivity index (χ1) is 10.2. The van der Waals surface area contributed by atoms with Crippen LogP contribution in [0.5, 0.6) is 5.75 Å². The summed E-state index contributed by atoms with van der Waals surface area (Å²) in [5, 5.41) is 12.0. The highest BCUT2D eigenvalue weighted by Gasteiger charge is 2.09. The number of pyridine rings is 1. The van der Waals surface area contributed by atoms with Crippen LogP contribution < -0.4 is 15.8 Å². The molecule has 1 aromatic heterocycles. The Morgan fingerprint density at radius 1 is 1.33 bits per heavy atom.